The van der Waals surface area contributed by atoms with E-state index >= 15 is 0 Å². The van der Waals surface area contributed by atoms with E-state index in [0.29, 0.717) is 25.1 Å². The van der Waals surface area contributed by atoms with Gasteiger partial charge in [0.15, 0.2) is 0 Å². The molecule has 2 rings (SSSR count). The predicted molar refractivity (Wildman–Crippen MR) is 77.7 cm³/mol. The number of methoxy groups -OCH3 is 1. The van der Waals surface area contributed by atoms with Crippen LogP contribution in [0.15, 0.2) is 4.42 Å². The van der Waals surface area contributed by atoms with Crippen molar-refractivity contribution in [2.75, 3.05) is 38.3 Å². The minimum atomic E-state index is 0.596. The van der Waals surface area contributed by atoms with Crippen LogP contribution in [0.3, 0.4) is 0 Å². The molecule has 6 nitrogen and oxygen atoms in total. The molecule has 0 saturated carbocycles. The Morgan fingerprint density at radius 1 is 1.35 bits per heavy atom. The molecule has 1 aliphatic rings. The van der Waals surface area contributed by atoms with E-state index in [1.807, 2.05) is 0 Å². The van der Waals surface area contributed by atoms with E-state index in [4.69, 9.17) is 9.15 Å². The summed E-state index contributed by atoms with van der Waals surface area (Å²) in [5.74, 6) is 2.23. The first-order valence-electron chi connectivity index (χ1n) is 7.47. The van der Waals surface area contributed by atoms with E-state index < -0.39 is 0 Å². The standard InChI is InChI=1S/C14H26N4O2/c1-11(2)12-4-7-18(8-5-12)14-17-16-13(20-14)10-15-6-9-19-3/h11-12,15H,4-10H2,1-3H3. The maximum atomic E-state index is 5.70. The summed E-state index contributed by atoms with van der Waals surface area (Å²) < 4.78 is 10.7. The Morgan fingerprint density at radius 2 is 2.10 bits per heavy atom. The number of nitrogens with zero attached hydrogens (tertiary/aromatic N) is 3. The number of anilines is 1. The maximum Gasteiger partial charge on any atom is 0.318 e. The fraction of sp³-hybridized carbons (Fsp3) is 0.857. The highest BCUT2D eigenvalue weighted by Gasteiger charge is 2.24. The zero-order valence-electron chi connectivity index (χ0n) is 12.8. The molecule has 0 amide bonds. The number of hydrogen-bond donors (Lipinski definition) is 1. The van der Waals surface area contributed by atoms with Crippen molar-refractivity contribution in [3.63, 3.8) is 0 Å². The second kappa shape index (κ2) is 7.59. The Bertz CT molecular complexity index is 386. The van der Waals surface area contributed by atoms with Crippen molar-refractivity contribution in [1.29, 1.82) is 0 Å². The van der Waals surface area contributed by atoms with Gasteiger partial charge in [-0.15, -0.1) is 5.10 Å². The van der Waals surface area contributed by atoms with E-state index in [-0.39, 0.29) is 0 Å². The monoisotopic (exact) mass is 282 g/mol. The molecule has 2 heterocycles. The van der Waals surface area contributed by atoms with Gasteiger partial charge >= 0.3 is 6.01 Å². The molecule has 1 aliphatic heterocycles. The molecule has 0 bridgehead atoms. The van der Waals surface area contributed by atoms with Gasteiger partial charge in [0.1, 0.15) is 0 Å². The minimum Gasteiger partial charge on any atom is -0.407 e. The molecule has 1 fully saturated rings. The van der Waals surface area contributed by atoms with Crippen molar-refractivity contribution in [3.05, 3.63) is 5.89 Å². The lowest BCUT2D eigenvalue weighted by atomic mass is 9.87. The van der Waals surface area contributed by atoms with E-state index in [9.17, 15) is 0 Å². The number of ether oxygens (including phenoxy) is 1. The van der Waals surface area contributed by atoms with Crippen LogP contribution < -0.4 is 10.2 Å². The molecule has 114 valence electrons. The Kier molecular flexibility index (Phi) is 5.79. The first kappa shape index (κ1) is 15.3. The van der Waals surface area contributed by atoms with Crippen molar-refractivity contribution in [1.82, 2.24) is 15.5 Å². The summed E-state index contributed by atoms with van der Waals surface area (Å²) in [6.07, 6.45) is 2.42. The Morgan fingerprint density at radius 3 is 2.75 bits per heavy atom. The molecule has 0 radical (unpaired) electrons. The molecule has 0 atom stereocenters. The van der Waals surface area contributed by atoms with E-state index in [2.05, 4.69) is 34.3 Å². The maximum absolute atomic E-state index is 5.70. The SMILES string of the molecule is COCCNCc1nnc(N2CCC(C(C)C)CC2)o1. The molecule has 0 aromatic carbocycles. The predicted octanol–water partition coefficient (Wildman–Crippen LogP) is 1.68. The third kappa shape index (κ3) is 4.18. The third-order valence-electron chi connectivity index (χ3n) is 3.97. The average molecular weight is 282 g/mol. The second-order valence-electron chi connectivity index (χ2n) is 5.72. The van der Waals surface area contributed by atoms with Gasteiger partial charge in [0.2, 0.25) is 5.89 Å². The fourth-order valence-electron chi connectivity index (χ4n) is 2.57. The first-order chi connectivity index (χ1) is 9.70. The van der Waals surface area contributed by atoms with Crippen LogP contribution in [0.25, 0.3) is 0 Å². The summed E-state index contributed by atoms with van der Waals surface area (Å²) in [6.45, 7) is 8.70. The molecule has 0 unspecified atom stereocenters. The Hall–Kier alpha value is -1.14. The quantitative estimate of drug-likeness (QED) is 0.768. The normalized spacial score (nSPS) is 17.1. The van der Waals surface area contributed by atoms with Gasteiger partial charge in [-0.1, -0.05) is 18.9 Å². The van der Waals surface area contributed by atoms with Crippen LogP contribution in [0.2, 0.25) is 0 Å². The lowest BCUT2D eigenvalue weighted by molar-refractivity contribution is 0.198. The van der Waals surface area contributed by atoms with Crippen LogP contribution in [-0.4, -0.2) is 43.5 Å². The summed E-state index contributed by atoms with van der Waals surface area (Å²) in [5, 5.41) is 11.4. The molecular formula is C14H26N4O2. The van der Waals surface area contributed by atoms with Crippen molar-refractivity contribution >= 4 is 6.01 Å². The number of aromatic nitrogens is 2. The van der Waals surface area contributed by atoms with Gasteiger partial charge in [-0.05, 0) is 24.7 Å². The molecule has 1 saturated heterocycles. The zero-order valence-corrected chi connectivity index (χ0v) is 12.8. The summed E-state index contributed by atoms with van der Waals surface area (Å²) in [4.78, 5) is 2.20. The van der Waals surface area contributed by atoms with Gasteiger partial charge < -0.3 is 19.4 Å². The van der Waals surface area contributed by atoms with Gasteiger partial charge in [-0.2, -0.15) is 0 Å². The van der Waals surface area contributed by atoms with Crippen LogP contribution >= 0.6 is 0 Å². The Labute approximate surface area is 120 Å². The fourth-order valence-corrected chi connectivity index (χ4v) is 2.57. The molecular weight excluding hydrogens is 256 g/mol. The molecule has 1 aromatic rings. The van der Waals surface area contributed by atoms with Gasteiger partial charge in [0.05, 0.1) is 13.2 Å². The molecule has 1 N–H and O–H groups in total. The van der Waals surface area contributed by atoms with Crippen LogP contribution in [0.4, 0.5) is 6.01 Å². The molecule has 20 heavy (non-hydrogen) atoms. The van der Waals surface area contributed by atoms with Crippen LogP contribution in [0.5, 0.6) is 0 Å². The van der Waals surface area contributed by atoms with E-state index in [0.717, 1.165) is 31.5 Å². The minimum absolute atomic E-state index is 0.596. The average Bonchev–Trinajstić information content (AvgIpc) is 2.92. The number of nitrogens with one attached hydrogen (secondary N) is 1. The van der Waals surface area contributed by atoms with Crippen LogP contribution in [0, 0.1) is 11.8 Å². The molecule has 6 heteroatoms. The van der Waals surface area contributed by atoms with Crippen LogP contribution in [0.1, 0.15) is 32.6 Å². The van der Waals surface area contributed by atoms with E-state index in [1.54, 1.807) is 7.11 Å². The van der Waals surface area contributed by atoms with Crippen LogP contribution in [-0.2, 0) is 11.3 Å². The summed E-state index contributed by atoms with van der Waals surface area (Å²) >= 11 is 0. The largest absolute Gasteiger partial charge is 0.407 e. The van der Waals surface area contributed by atoms with Gasteiger partial charge in [-0.25, -0.2) is 0 Å². The second-order valence-corrected chi connectivity index (χ2v) is 5.72. The van der Waals surface area contributed by atoms with Crippen molar-refractivity contribution < 1.29 is 9.15 Å². The van der Waals surface area contributed by atoms with Gasteiger partial charge in [0.25, 0.3) is 0 Å². The topological polar surface area (TPSA) is 63.4 Å². The number of rotatable bonds is 7. The summed E-state index contributed by atoms with van der Waals surface area (Å²) in [7, 11) is 1.69. The van der Waals surface area contributed by atoms with Gasteiger partial charge in [0, 0.05) is 26.7 Å². The van der Waals surface area contributed by atoms with Gasteiger partial charge in [-0.3, -0.25) is 0 Å². The smallest absolute Gasteiger partial charge is 0.318 e. The summed E-state index contributed by atoms with van der Waals surface area (Å²) in [5.41, 5.74) is 0. The molecule has 1 aromatic heterocycles. The third-order valence-corrected chi connectivity index (χ3v) is 3.97. The molecule has 0 spiro atoms. The zero-order chi connectivity index (χ0) is 14.4. The molecule has 0 aliphatic carbocycles. The number of hydrogen-bond acceptors (Lipinski definition) is 6. The summed E-state index contributed by atoms with van der Waals surface area (Å²) in [6, 6.07) is 0.663. The van der Waals surface area contributed by atoms with Crippen molar-refractivity contribution in [2.45, 2.75) is 33.2 Å². The highest BCUT2D eigenvalue weighted by atomic mass is 16.5. The van der Waals surface area contributed by atoms with E-state index in [1.165, 1.54) is 12.8 Å². The number of piperidine rings is 1. The highest BCUT2D eigenvalue weighted by Crippen LogP contribution is 2.27. The van der Waals surface area contributed by atoms with Crippen molar-refractivity contribution in [3.8, 4) is 0 Å². The van der Waals surface area contributed by atoms with Crippen molar-refractivity contribution in [2.24, 2.45) is 11.8 Å². The lowest BCUT2D eigenvalue weighted by Gasteiger charge is -2.32. The first-order valence-corrected chi connectivity index (χ1v) is 7.47. The highest BCUT2D eigenvalue weighted by molar-refractivity contribution is 5.24. The lowest BCUT2D eigenvalue weighted by Crippen LogP contribution is -2.35. The Balaban J connectivity index is 1.78.